The smallest absolute Gasteiger partial charge is 0.324 e. The zero-order chi connectivity index (χ0) is 20.5. The fourth-order valence-corrected chi connectivity index (χ4v) is 3.67. The fraction of sp³-hybridized carbons (Fsp3) is 0.176. The van der Waals surface area contributed by atoms with Crippen LogP contribution in [0, 0.1) is 0 Å². The van der Waals surface area contributed by atoms with Crippen LogP contribution >= 0.6 is 23.4 Å². The van der Waals surface area contributed by atoms with Crippen molar-refractivity contribution >= 4 is 45.7 Å². The summed E-state index contributed by atoms with van der Waals surface area (Å²) in [7, 11) is 0. The van der Waals surface area contributed by atoms with Gasteiger partial charge in [0.1, 0.15) is 11.7 Å². The van der Waals surface area contributed by atoms with E-state index in [9.17, 15) is 18.0 Å². The Kier molecular flexibility index (Phi) is 5.84. The van der Waals surface area contributed by atoms with Crippen molar-refractivity contribution in [2.75, 3.05) is 16.3 Å². The van der Waals surface area contributed by atoms with Crippen molar-refractivity contribution < 1.29 is 28.4 Å². The topological polar surface area (TPSA) is 85.2 Å². The van der Waals surface area contributed by atoms with Gasteiger partial charge in [-0.15, -0.1) is 17.0 Å². The number of thioether (sulfide) groups is 1. The third-order valence-electron chi connectivity index (χ3n) is 3.83. The molecular formula is C17H13ClF3N3O3S. The Morgan fingerprint density at radius 2 is 1.89 bits per heavy atom. The zero-order valence-corrected chi connectivity index (χ0v) is 15.5. The molecule has 0 aromatic heterocycles. The van der Waals surface area contributed by atoms with Crippen LogP contribution in [0.2, 0.25) is 5.02 Å². The number of benzene rings is 2. The lowest BCUT2D eigenvalue weighted by molar-refractivity contribution is -0.138. The number of hydrogen-bond acceptors (Lipinski definition) is 6. The summed E-state index contributed by atoms with van der Waals surface area (Å²) < 4.78 is 39.3. The molecule has 11 heteroatoms. The number of alkyl halides is 3. The van der Waals surface area contributed by atoms with Gasteiger partial charge in [-0.2, -0.15) is 13.2 Å². The molecule has 1 amide bonds. The van der Waals surface area contributed by atoms with E-state index >= 15 is 0 Å². The molecule has 0 radical (unpaired) electrons. The normalized spacial score (nSPS) is 16.6. The number of rotatable bonds is 4. The lowest BCUT2D eigenvalue weighted by atomic mass is 10.1. The molecule has 2 aromatic rings. The highest BCUT2D eigenvalue weighted by Crippen LogP contribution is 2.37. The molecule has 1 atom stereocenters. The van der Waals surface area contributed by atoms with Gasteiger partial charge in [0.2, 0.25) is 5.91 Å². The number of carbonyl (C=O) groups excluding carboxylic acids is 1. The van der Waals surface area contributed by atoms with Crippen LogP contribution in [0.1, 0.15) is 11.1 Å². The molecule has 1 aliphatic rings. The number of aliphatic imine (C=N–C) groups is 1. The summed E-state index contributed by atoms with van der Waals surface area (Å²) in [4.78, 5) is 16.7. The van der Waals surface area contributed by atoms with Gasteiger partial charge in [0.15, 0.2) is 0 Å². The SMILES string of the molecule is O=C(Nc1ccc(N(O)O)c(C(F)(F)F)c1)C1CSC(c2ccc(Cl)cc2)=N1. The maximum Gasteiger partial charge on any atom is 0.418 e. The lowest BCUT2D eigenvalue weighted by Crippen LogP contribution is -2.27. The van der Waals surface area contributed by atoms with Crippen LogP contribution in [0.3, 0.4) is 0 Å². The molecule has 28 heavy (non-hydrogen) atoms. The minimum Gasteiger partial charge on any atom is -0.324 e. The van der Waals surface area contributed by atoms with E-state index in [1.807, 2.05) is 0 Å². The maximum absolute atomic E-state index is 13.1. The van der Waals surface area contributed by atoms with Gasteiger partial charge < -0.3 is 5.32 Å². The van der Waals surface area contributed by atoms with Gasteiger partial charge in [-0.05, 0) is 30.3 Å². The van der Waals surface area contributed by atoms with E-state index in [0.29, 0.717) is 21.9 Å². The van der Waals surface area contributed by atoms with Gasteiger partial charge in [0.25, 0.3) is 0 Å². The van der Waals surface area contributed by atoms with Crippen molar-refractivity contribution in [3.8, 4) is 0 Å². The monoisotopic (exact) mass is 431 g/mol. The highest BCUT2D eigenvalue weighted by Gasteiger charge is 2.35. The molecule has 0 saturated heterocycles. The van der Waals surface area contributed by atoms with E-state index in [-0.39, 0.29) is 5.69 Å². The van der Waals surface area contributed by atoms with Crippen molar-refractivity contribution in [2.24, 2.45) is 4.99 Å². The molecule has 148 valence electrons. The first-order valence-corrected chi connectivity index (χ1v) is 9.18. The van der Waals surface area contributed by atoms with Crippen molar-refractivity contribution in [1.29, 1.82) is 0 Å². The third-order valence-corrected chi connectivity index (χ3v) is 5.18. The Labute approximate surface area is 166 Å². The van der Waals surface area contributed by atoms with Crippen molar-refractivity contribution in [2.45, 2.75) is 12.2 Å². The van der Waals surface area contributed by atoms with Crippen molar-refractivity contribution in [3.63, 3.8) is 0 Å². The molecule has 0 aliphatic carbocycles. The molecule has 0 fully saturated rings. The second-order valence-electron chi connectivity index (χ2n) is 5.78. The Bertz CT molecular complexity index is 920. The molecule has 0 bridgehead atoms. The number of nitrogens with zero attached hydrogens (tertiary/aromatic N) is 2. The van der Waals surface area contributed by atoms with Gasteiger partial charge in [-0.1, -0.05) is 23.7 Å². The molecule has 2 aromatic carbocycles. The standard InChI is InChI=1S/C17H13ClF3N3O3S/c18-10-3-1-9(2-4-10)16-23-13(8-28-16)15(25)22-11-5-6-14(24(26)27)12(7-11)17(19,20)21/h1-7,13,26-27H,8H2,(H,22,25). The molecule has 1 heterocycles. The molecule has 3 N–H and O–H groups in total. The maximum atomic E-state index is 13.1. The minimum absolute atomic E-state index is 0.136. The predicted molar refractivity (Wildman–Crippen MR) is 100 cm³/mol. The first-order chi connectivity index (χ1) is 13.1. The summed E-state index contributed by atoms with van der Waals surface area (Å²) in [6.45, 7) is 0. The Balaban J connectivity index is 1.77. The van der Waals surface area contributed by atoms with Gasteiger partial charge in [0.05, 0.1) is 10.6 Å². The average molecular weight is 432 g/mol. The number of carbonyl (C=O) groups is 1. The van der Waals surface area contributed by atoms with Crippen LogP contribution in [0.15, 0.2) is 47.5 Å². The Hall–Kier alpha value is -2.27. The molecule has 0 saturated carbocycles. The summed E-state index contributed by atoms with van der Waals surface area (Å²) in [5, 5.41) is 20.8. The van der Waals surface area contributed by atoms with Crippen LogP contribution in [0.25, 0.3) is 0 Å². The first kappa shape index (κ1) is 20.5. The average Bonchev–Trinajstić information content (AvgIpc) is 3.11. The van der Waals surface area contributed by atoms with Crippen LogP contribution in [0.4, 0.5) is 24.5 Å². The highest BCUT2D eigenvalue weighted by atomic mass is 35.5. The lowest BCUT2D eigenvalue weighted by Gasteiger charge is -2.17. The van der Waals surface area contributed by atoms with Gasteiger partial charge in [-0.3, -0.25) is 20.2 Å². The molecule has 1 aliphatic heterocycles. The minimum atomic E-state index is -4.84. The van der Waals surface area contributed by atoms with Crippen LogP contribution in [0.5, 0.6) is 0 Å². The summed E-state index contributed by atoms with van der Waals surface area (Å²) in [5.74, 6) is -0.225. The van der Waals surface area contributed by atoms with Crippen LogP contribution in [-0.4, -0.2) is 33.2 Å². The summed E-state index contributed by atoms with van der Waals surface area (Å²) in [5.41, 5.74) is -1.51. The molecular weight excluding hydrogens is 419 g/mol. The largest absolute Gasteiger partial charge is 0.418 e. The second kappa shape index (κ2) is 8.00. The third kappa shape index (κ3) is 4.58. The van der Waals surface area contributed by atoms with Gasteiger partial charge in [0, 0.05) is 22.0 Å². The van der Waals surface area contributed by atoms with Crippen LogP contribution < -0.4 is 10.5 Å². The van der Waals surface area contributed by atoms with Crippen molar-refractivity contribution in [3.05, 3.63) is 58.6 Å². The highest BCUT2D eigenvalue weighted by molar-refractivity contribution is 8.14. The second-order valence-corrected chi connectivity index (χ2v) is 7.22. The molecule has 6 nitrogen and oxygen atoms in total. The summed E-state index contributed by atoms with van der Waals surface area (Å²) in [6, 6.07) is 8.74. The van der Waals surface area contributed by atoms with E-state index in [2.05, 4.69) is 10.3 Å². The van der Waals surface area contributed by atoms with E-state index < -0.39 is 34.6 Å². The van der Waals surface area contributed by atoms with E-state index in [1.165, 1.54) is 11.8 Å². The Morgan fingerprint density at radius 3 is 2.50 bits per heavy atom. The zero-order valence-electron chi connectivity index (χ0n) is 13.9. The van der Waals surface area contributed by atoms with E-state index in [1.54, 1.807) is 24.3 Å². The fourth-order valence-electron chi connectivity index (χ4n) is 2.50. The molecule has 3 rings (SSSR count). The first-order valence-electron chi connectivity index (χ1n) is 7.81. The van der Waals surface area contributed by atoms with Crippen LogP contribution in [-0.2, 0) is 11.0 Å². The summed E-state index contributed by atoms with van der Waals surface area (Å²) in [6.07, 6.45) is -4.84. The van der Waals surface area contributed by atoms with E-state index in [0.717, 1.165) is 17.7 Å². The number of nitrogens with one attached hydrogen (secondary N) is 1. The predicted octanol–water partition coefficient (Wildman–Crippen LogP) is 4.44. The van der Waals surface area contributed by atoms with Crippen molar-refractivity contribution in [1.82, 2.24) is 0 Å². The number of halogens is 4. The van der Waals surface area contributed by atoms with Gasteiger partial charge >= 0.3 is 6.18 Å². The number of amides is 1. The van der Waals surface area contributed by atoms with E-state index in [4.69, 9.17) is 22.0 Å². The number of anilines is 2. The molecule has 1 unspecified atom stereocenters. The Morgan fingerprint density at radius 1 is 1.21 bits per heavy atom. The summed E-state index contributed by atoms with van der Waals surface area (Å²) >= 11 is 7.19. The quantitative estimate of drug-likeness (QED) is 0.623. The number of hydrogen-bond donors (Lipinski definition) is 3. The van der Waals surface area contributed by atoms with Gasteiger partial charge in [-0.25, -0.2) is 0 Å². The molecule has 0 spiro atoms.